The fourth-order valence-corrected chi connectivity index (χ4v) is 1.35. The molecule has 0 aromatic heterocycles. The predicted molar refractivity (Wildman–Crippen MR) is 68.0 cm³/mol. The van der Waals surface area contributed by atoms with Crippen LogP contribution in [-0.2, 0) is 9.53 Å². The number of ketones is 2. The predicted octanol–water partition coefficient (Wildman–Crippen LogP) is 2.26. The molecule has 0 radical (unpaired) electrons. The van der Waals surface area contributed by atoms with Gasteiger partial charge < -0.3 is 9.47 Å². The molecular weight excluding hydrogens is 232 g/mol. The van der Waals surface area contributed by atoms with Crippen LogP contribution in [-0.4, -0.2) is 31.4 Å². The van der Waals surface area contributed by atoms with Gasteiger partial charge in [0.2, 0.25) is 0 Å². The number of methoxy groups -OCH3 is 2. The molecule has 0 saturated heterocycles. The summed E-state index contributed by atoms with van der Waals surface area (Å²) in [4.78, 5) is 23.7. The molecule has 0 aliphatic carbocycles. The Kier molecular flexibility index (Phi) is 4.62. The minimum Gasteiger partial charge on any atom is -0.497 e. The highest BCUT2D eigenvalue weighted by atomic mass is 16.5. The van der Waals surface area contributed by atoms with Crippen molar-refractivity contribution in [3.63, 3.8) is 0 Å². The van der Waals surface area contributed by atoms with Crippen LogP contribution in [0.1, 0.15) is 30.6 Å². The van der Waals surface area contributed by atoms with E-state index in [0.29, 0.717) is 11.3 Å². The summed E-state index contributed by atoms with van der Waals surface area (Å²) >= 11 is 0. The molecule has 4 heteroatoms. The minimum absolute atomic E-state index is 0.160. The van der Waals surface area contributed by atoms with Gasteiger partial charge in [0.1, 0.15) is 11.4 Å². The fraction of sp³-hybridized carbons (Fsp3) is 0.429. The molecule has 1 rings (SSSR count). The van der Waals surface area contributed by atoms with Gasteiger partial charge in [0, 0.05) is 12.7 Å². The van der Waals surface area contributed by atoms with E-state index in [2.05, 4.69) is 0 Å². The summed E-state index contributed by atoms with van der Waals surface area (Å²) in [5, 5.41) is 0. The maximum Gasteiger partial charge on any atom is 0.171 e. The van der Waals surface area contributed by atoms with Crippen LogP contribution in [0.15, 0.2) is 24.3 Å². The van der Waals surface area contributed by atoms with Gasteiger partial charge in [-0.15, -0.1) is 0 Å². The van der Waals surface area contributed by atoms with Crippen LogP contribution in [0.25, 0.3) is 0 Å². The lowest BCUT2D eigenvalue weighted by molar-refractivity contribution is -0.136. The second-order valence-corrected chi connectivity index (χ2v) is 4.47. The van der Waals surface area contributed by atoms with E-state index in [9.17, 15) is 9.59 Å². The summed E-state index contributed by atoms with van der Waals surface area (Å²) in [6.45, 7) is 3.30. The molecule has 1 aromatic carbocycles. The monoisotopic (exact) mass is 250 g/mol. The zero-order valence-electron chi connectivity index (χ0n) is 11.1. The Morgan fingerprint density at radius 1 is 1.11 bits per heavy atom. The van der Waals surface area contributed by atoms with E-state index < -0.39 is 5.60 Å². The van der Waals surface area contributed by atoms with Gasteiger partial charge in [0.05, 0.1) is 13.5 Å². The largest absolute Gasteiger partial charge is 0.497 e. The lowest BCUT2D eigenvalue weighted by Crippen LogP contribution is -2.35. The smallest absolute Gasteiger partial charge is 0.171 e. The van der Waals surface area contributed by atoms with Gasteiger partial charge in [-0.05, 0) is 38.1 Å². The summed E-state index contributed by atoms with van der Waals surface area (Å²) in [7, 11) is 3.01. The van der Waals surface area contributed by atoms with Gasteiger partial charge in [-0.3, -0.25) is 9.59 Å². The topological polar surface area (TPSA) is 52.6 Å². The molecule has 0 spiro atoms. The molecular formula is C14H18O4. The van der Waals surface area contributed by atoms with Crippen LogP contribution in [0.2, 0.25) is 0 Å². The Morgan fingerprint density at radius 3 is 2.11 bits per heavy atom. The zero-order chi connectivity index (χ0) is 13.8. The van der Waals surface area contributed by atoms with Gasteiger partial charge >= 0.3 is 0 Å². The van der Waals surface area contributed by atoms with Crippen molar-refractivity contribution in [2.45, 2.75) is 25.9 Å². The highest BCUT2D eigenvalue weighted by molar-refractivity contribution is 6.10. The van der Waals surface area contributed by atoms with Crippen LogP contribution in [0.3, 0.4) is 0 Å². The number of ether oxygens (including phenoxy) is 2. The average molecular weight is 250 g/mol. The first-order valence-electron chi connectivity index (χ1n) is 5.66. The highest BCUT2D eigenvalue weighted by Gasteiger charge is 2.28. The molecule has 18 heavy (non-hydrogen) atoms. The lowest BCUT2D eigenvalue weighted by atomic mass is 9.96. The van der Waals surface area contributed by atoms with Crippen LogP contribution >= 0.6 is 0 Å². The molecule has 0 atom stereocenters. The molecule has 0 heterocycles. The molecule has 0 bridgehead atoms. The lowest BCUT2D eigenvalue weighted by Gasteiger charge is -2.20. The third-order valence-corrected chi connectivity index (χ3v) is 2.91. The highest BCUT2D eigenvalue weighted by Crippen LogP contribution is 2.16. The second-order valence-electron chi connectivity index (χ2n) is 4.47. The summed E-state index contributed by atoms with van der Waals surface area (Å²) in [5.41, 5.74) is -0.432. The molecule has 0 aliphatic heterocycles. The standard InChI is InChI=1S/C14H18O4/c1-14(2,18-4)13(16)9-12(15)10-5-7-11(17-3)8-6-10/h5-8H,9H2,1-4H3. The van der Waals surface area contributed by atoms with Crippen molar-refractivity contribution in [3.05, 3.63) is 29.8 Å². The van der Waals surface area contributed by atoms with Crippen LogP contribution in [0, 0.1) is 0 Å². The van der Waals surface area contributed by atoms with Crippen molar-refractivity contribution >= 4 is 11.6 Å². The van der Waals surface area contributed by atoms with E-state index in [1.807, 2.05) is 0 Å². The molecule has 4 nitrogen and oxygen atoms in total. The normalized spacial score (nSPS) is 11.1. The van der Waals surface area contributed by atoms with Crippen LogP contribution < -0.4 is 4.74 Å². The third-order valence-electron chi connectivity index (χ3n) is 2.91. The molecule has 0 amide bonds. The fourth-order valence-electron chi connectivity index (χ4n) is 1.35. The Balaban J connectivity index is 2.73. The number of Topliss-reactive ketones (excluding diaryl/α,β-unsaturated/α-hetero) is 2. The van der Waals surface area contributed by atoms with E-state index in [4.69, 9.17) is 9.47 Å². The van der Waals surface area contributed by atoms with Crippen molar-refractivity contribution in [1.82, 2.24) is 0 Å². The summed E-state index contributed by atoms with van der Waals surface area (Å²) in [6.07, 6.45) is -0.160. The number of carbonyl (C=O) groups is 2. The van der Waals surface area contributed by atoms with Gasteiger partial charge in [-0.2, -0.15) is 0 Å². The van der Waals surface area contributed by atoms with Crippen molar-refractivity contribution in [2.75, 3.05) is 14.2 Å². The molecule has 98 valence electrons. The summed E-state index contributed by atoms with van der Waals surface area (Å²) < 4.78 is 10.1. The molecule has 0 saturated carbocycles. The first-order chi connectivity index (χ1) is 8.40. The van der Waals surface area contributed by atoms with Gasteiger partial charge in [0.25, 0.3) is 0 Å². The van der Waals surface area contributed by atoms with Crippen LogP contribution in [0.4, 0.5) is 0 Å². The Labute approximate surface area is 107 Å². The molecule has 0 unspecified atom stereocenters. The van der Waals surface area contributed by atoms with E-state index in [0.717, 1.165) is 0 Å². The Morgan fingerprint density at radius 2 is 1.67 bits per heavy atom. The van der Waals surface area contributed by atoms with Gasteiger partial charge in [-0.1, -0.05) is 0 Å². The Bertz CT molecular complexity index is 432. The second kappa shape index (κ2) is 5.78. The third kappa shape index (κ3) is 3.40. The zero-order valence-corrected chi connectivity index (χ0v) is 11.1. The Hall–Kier alpha value is -1.68. The first-order valence-corrected chi connectivity index (χ1v) is 5.66. The van der Waals surface area contributed by atoms with E-state index in [1.54, 1.807) is 45.2 Å². The molecule has 0 aliphatic rings. The molecule has 1 aromatic rings. The summed E-state index contributed by atoms with van der Waals surface area (Å²) in [5.74, 6) is 0.230. The van der Waals surface area contributed by atoms with Crippen LogP contribution in [0.5, 0.6) is 5.75 Å². The SMILES string of the molecule is COc1ccc(C(=O)CC(=O)C(C)(C)OC)cc1. The maximum absolute atomic E-state index is 11.9. The minimum atomic E-state index is -0.928. The molecule has 0 fully saturated rings. The van der Waals surface area contributed by atoms with E-state index >= 15 is 0 Å². The number of hydrogen-bond acceptors (Lipinski definition) is 4. The van der Waals surface area contributed by atoms with Crippen molar-refractivity contribution < 1.29 is 19.1 Å². The van der Waals surface area contributed by atoms with Crippen molar-refractivity contribution in [3.8, 4) is 5.75 Å². The average Bonchev–Trinajstić information content (AvgIpc) is 2.38. The number of rotatable bonds is 6. The van der Waals surface area contributed by atoms with Crippen molar-refractivity contribution in [1.29, 1.82) is 0 Å². The van der Waals surface area contributed by atoms with E-state index in [-0.39, 0.29) is 18.0 Å². The summed E-state index contributed by atoms with van der Waals surface area (Å²) in [6, 6.07) is 6.68. The van der Waals surface area contributed by atoms with Crippen molar-refractivity contribution in [2.24, 2.45) is 0 Å². The number of benzene rings is 1. The first kappa shape index (κ1) is 14.4. The van der Waals surface area contributed by atoms with E-state index in [1.165, 1.54) is 7.11 Å². The quantitative estimate of drug-likeness (QED) is 0.574. The van der Waals surface area contributed by atoms with Gasteiger partial charge in [0.15, 0.2) is 11.6 Å². The number of carbonyl (C=O) groups excluding carboxylic acids is 2. The maximum atomic E-state index is 11.9. The number of hydrogen-bond donors (Lipinski definition) is 0. The van der Waals surface area contributed by atoms with Gasteiger partial charge in [-0.25, -0.2) is 0 Å². The molecule has 0 N–H and O–H groups in total.